The van der Waals surface area contributed by atoms with Crippen molar-refractivity contribution in [3.63, 3.8) is 0 Å². The van der Waals surface area contributed by atoms with E-state index in [1.165, 1.54) is 0 Å². The van der Waals surface area contributed by atoms with E-state index in [-0.39, 0.29) is 30.3 Å². The highest BCUT2D eigenvalue weighted by molar-refractivity contribution is 5.94. The molecule has 3 amide bonds. The third-order valence-corrected chi connectivity index (χ3v) is 3.32. The van der Waals surface area contributed by atoms with Crippen molar-refractivity contribution in [2.45, 2.75) is 12.8 Å². The smallest absolute Gasteiger partial charge is 0.318 e. The Bertz CT molecular complexity index is 490. The van der Waals surface area contributed by atoms with E-state index in [1.807, 2.05) is 6.07 Å². The average Bonchev–Trinajstić information content (AvgIpc) is 2.48. The molecule has 6 nitrogen and oxygen atoms in total. The summed E-state index contributed by atoms with van der Waals surface area (Å²) in [4.78, 5) is 23.4. The lowest BCUT2D eigenvalue weighted by atomic mass is 9.97. The number of carbonyl (C=O) groups is 2. The number of amides is 3. The minimum atomic E-state index is -0.285. The third kappa shape index (κ3) is 5.24. The van der Waals surface area contributed by atoms with Crippen molar-refractivity contribution in [1.29, 1.82) is 0 Å². The summed E-state index contributed by atoms with van der Waals surface area (Å²) in [5.74, 6) is 0.107. The molecule has 0 saturated carbocycles. The Morgan fingerprint density at radius 1 is 1.14 bits per heavy atom. The van der Waals surface area contributed by atoms with Gasteiger partial charge in [-0.3, -0.25) is 4.79 Å². The van der Waals surface area contributed by atoms with Crippen molar-refractivity contribution in [1.82, 2.24) is 10.6 Å². The Labute approximate surface area is 130 Å². The topological polar surface area (TPSA) is 82.3 Å². The predicted octanol–water partition coefficient (Wildman–Crippen LogP) is 1.80. The Balaban J connectivity index is 0.00000220. The lowest BCUT2D eigenvalue weighted by Gasteiger charge is -2.21. The summed E-state index contributed by atoms with van der Waals surface area (Å²) in [6.07, 6.45) is 1.73. The second-order valence-electron chi connectivity index (χ2n) is 4.80. The first-order valence-electron chi connectivity index (χ1n) is 6.79. The van der Waals surface area contributed by atoms with Gasteiger partial charge >= 0.3 is 6.03 Å². The van der Waals surface area contributed by atoms with Gasteiger partial charge < -0.3 is 21.3 Å². The molecule has 7 heteroatoms. The number of benzene rings is 1. The third-order valence-electron chi connectivity index (χ3n) is 3.32. The van der Waals surface area contributed by atoms with Crippen LogP contribution in [0.3, 0.4) is 0 Å². The average molecular weight is 313 g/mol. The molecule has 0 atom stereocenters. The standard InChI is InChI=1S/C14H20N4O2.ClH/c1-15-14(20)18-12-4-2-3-11(9-12)17-13(19)10-5-7-16-8-6-10;/h2-4,9-10,16H,5-8H2,1H3,(H,17,19)(H2,15,18,20);1H. The minimum absolute atomic E-state index is 0. The van der Waals surface area contributed by atoms with Crippen LogP contribution in [-0.4, -0.2) is 32.1 Å². The SMILES string of the molecule is CNC(=O)Nc1cccc(NC(=O)C2CCNCC2)c1.Cl. The largest absolute Gasteiger partial charge is 0.341 e. The van der Waals surface area contributed by atoms with Crippen LogP contribution in [-0.2, 0) is 4.79 Å². The van der Waals surface area contributed by atoms with Crippen LogP contribution in [0.1, 0.15) is 12.8 Å². The zero-order valence-electron chi connectivity index (χ0n) is 11.9. The van der Waals surface area contributed by atoms with Gasteiger partial charge in [-0.25, -0.2) is 4.79 Å². The van der Waals surface area contributed by atoms with Crippen LogP contribution in [0.25, 0.3) is 0 Å². The molecule has 1 aliphatic heterocycles. The molecular weight excluding hydrogens is 292 g/mol. The first kappa shape index (κ1) is 17.3. The van der Waals surface area contributed by atoms with E-state index in [0.29, 0.717) is 11.4 Å². The van der Waals surface area contributed by atoms with E-state index in [0.717, 1.165) is 25.9 Å². The summed E-state index contributed by atoms with van der Waals surface area (Å²) in [6.45, 7) is 1.77. The van der Waals surface area contributed by atoms with Gasteiger partial charge in [-0.2, -0.15) is 0 Å². The molecule has 1 aromatic carbocycles. The molecule has 1 saturated heterocycles. The van der Waals surface area contributed by atoms with Gasteiger partial charge in [0.2, 0.25) is 5.91 Å². The molecule has 1 fully saturated rings. The second kappa shape index (κ2) is 8.49. The fourth-order valence-electron chi connectivity index (χ4n) is 2.20. The number of nitrogens with one attached hydrogen (secondary N) is 4. The number of hydrogen-bond acceptors (Lipinski definition) is 3. The Morgan fingerprint density at radius 3 is 2.38 bits per heavy atom. The van der Waals surface area contributed by atoms with Gasteiger partial charge in [0.1, 0.15) is 0 Å². The highest BCUT2D eigenvalue weighted by Gasteiger charge is 2.20. The Hall–Kier alpha value is -1.79. The van der Waals surface area contributed by atoms with Crippen LogP contribution in [0.4, 0.5) is 16.2 Å². The molecule has 0 bridgehead atoms. The number of carbonyl (C=O) groups excluding carboxylic acids is 2. The predicted molar refractivity (Wildman–Crippen MR) is 86.0 cm³/mol. The maximum absolute atomic E-state index is 12.1. The van der Waals surface area contributed by atoms with E-state index in [1.54, 1.807) is 25.2 Å². The normalized spacial score (nSPS) is 14.7. The molecule has 1 aliphatic rings. The maximum atomic E-state index is 12.1. The summed E-state index contributed by atoms with van der Waals surface area (Å²) < 4.78 is 0. The van der Waals surface area contributed by atoms with Crippen LogP contribution >= 0.6 is 12.4 Å². The zero-order chi connectivity index (χ0) is 14.4. The van der Waals surface area contributed by atoms with Crippen LogP contribution in [0, 0.1) is 5.92 Å². The molecular formula is C14H21ClN4O2. The van der Waals surface area contributed by atoms with Gasteiger partial charge in [0.05, 0.1) is 0 Å². The van der Waals surface area contributed by atoms with Crippen molar-refractivity contribution >= 4 is 35.7 Å². The monoisotopic (exact) mass is 312 g/mol. The van der Waals surface area contributed by atoms with E-state index in [2.05, 4.69) is 21.3 Å². The summed E-state index contributed by atoms with van der Waals surface area (Å²) in [7, 11) is 1.55. The second-order valence-corrected chi connectivity index (χ2v) is 4.80. The lowest BCUT2D eigenvalue weighted by Crippen LogP contribution is -2.34. The number of piperidine rings is 1. The van der Waals surface area contributed by atoms with Gasteiger partial charge in [-0.1, -0.05) is 6.07 Å². The van der Waals surface area contributed by atoms with Gasteiger partial charge in [-0.05, 0) is 44.1 Å². The van der Waals surface area contributed by atoms with Crippen LogP contribution in [0.15, 0.2) is 24.3 Å². The molecule has 0 radical (unpaired) electrons. The number of halogens is 1. The fourth-order valence-corrected chi connectivity index (χ4v) is 2.20. The van der Waals surface area contributed by atoms with Crippen LogP contribution < -0.4 is 21.3 Å². The molecule has 4 N–H and O–H groups in total. The molecule has 0 aromatic heterocycles. The number of urea groups is 1. The molecule has 21 heavy (non-hydrogen) atoms. The Kier molecular flexibility index (Phi) is 6.98. The van der Waals surface area contributed by atoms with Crippen molar-refractivity contribution < 1.29 is 9.59 Å². The van der Waals surface area contributed by atoms with Gasteiger partial charge in [0.15, 0.2) is 0 Å². The maximum Gasteiger partial charge on any atom is 0.318 e. The van der Waals surface area contributed by atoms with Crippen molar-refractivity contribution in [3.8, 4) is 0 Å². The van der Waals surface area contributed by atoms with E-state index in [9.17, 15) is 9.59 Å². The Morgan fingerprint density at radius 2 is 1.76 bits per heavy atom. The summed E-state index contributed by atoms with van der Waals surface area (Å²) >= 11 is 0. The lowest BCUT2D eigenvalue weighted by molar-refractivity contribution is -0.120. The molecule has 2 rings (SSSR count). The highest BCUT2D eigenvalue weighted by atomic mass is 35.5. The highest BCUT2D eigenvalue weighted by Crippen LogP contribution is 2.18. The summed E-state index contributed by atoms with van der Waals surface area (Å²) in [5, 5.41) is 11.3. The van der Waals surface area contributed by atoms with Crippen LogP contribution in [0.2, 0.25) is 0 Å². The zero-order valence-corrected chi connectivity index (χ0v) is 12.8. The molecule has 0 spiro atoms. The summed E-state index contributed by atoms with van der Waals surface area (Å²) in [6, 6.07) is 6.84. The molecule has 1 heterocycles. The summed E-state index contributed by atoms with van der Waals surface area (Å²) in [5.41, 5.74) is 1.34. The number of anilines is 2. The molecule has 116 valence electrons. The van der Waals surface area contributed by atoms with Crippen LogP contribution in [0.5, 0.6) is 0 Å². The van der Waals surface area contributed by atoms with Crippen molar-refractivity contribution in [2.75, 3.05) is 30.8 Å². The first-order chi connectivity index (χ1) is 9.69. The van der Waals surface area contributed by atoms with Crippen molar-refractivity contribution in [3.05, 3.63) is 24.3 Å². The van der Waals surface area contributed by atoms with Gasteiger partial charge in [-0.15, -0.1) is 12.4 Å². The quantitative estimate of drug-likeness (QED) is 0.687. The van der Waals surface area contributed by atoms with E-state index in [4.69, 9.17) is 0 Å². The minimum Gasteiger partial charge on any atom is -0.341 e. The van der Waals surface area contributed by atoms with Gasteiger partial charge in [0, 0.05) is 24.3 Å². The van der Waals surface area contributed by atoms with E-state index < -0.39 is 0 Å². The first-order valence-corrected chi connectivity index (χ1v) is 6.79. The van der Waals surface area contributed by atoms with Gasteiger partial charge in [0.25, 0.3) is 0 Å². The fraction of sp³-hybridized carbons (Fsp3) is 0.429. The van der Waals surface area contributed by atoms with E-state index >= 15 is 0 Å². The van der Waals surface area contributed by atoms with Crippen molar-refractivity contribution in [2.24, 2.45) is 5.92 Å². The molecule has 0 unspecified atom stereocenters. The molecule has 1 aromatic rings. The number of rotatable bonds is 3. The number of hydrogen-bond donors (Lipinski definition) is 4. The molecule has 0 aliphatic carbocycles.